The van der Waals surface area contributed by atoms with Crippen molar-refractivity contribution < 1.29 is 9.90 Å². The Morgan fingerprint density at radius 3 is 2.50 bits per heavy atom. The summed E-state index contributed by atoms with van der Waals surface area (Å²) < 4.78 is 0. The van der Waals surface area contributed by atoms with Crippen LogP contribution in [0.3, 0.4) is 0 Å². The van der Waals surface area contributed by atoms with Crippen molar-refractivity contribution in [1.82, 2.24) is 0 Å². The fourth-order valence-corrected chi connectivity index (χ4v) is 1.40. The largest absolute Gasteiger partial charge is 0.480 e. The van der Waals surface area contributed by atoms with Crippen molar-refractivity contribution in [3.8, 4) is 0 Å². The molecule has 1 rings (SSSR count). The van der Waals surface area contributed by atoms with E-state index in [2.05, 4.69) is 0 Å². The van der Waals surface area contributed by atoms with Crippen molar-refractivity contribution in [2.75, 3.05) is 0 Å². The normalized spacial score (nSPS) is 14.7. The number of carboxylic acid groups (broad SMARTS) is 1. The van der Waals surface area contributed by atoms with E-state index in [0.717, 1.165) is 5.56 Å². The minimum atomic E-state index is -0.937. The van der Waals surface area contributed by atoms with Crippen molar-refractivity contribution in [2.24, 2.45) is 5.73 Å². The zero-order valence-electron chi connectivity index (χ0n) is 8.18. The van der Waals surface area contributed by atoms with Crippen molar-refractivity contribution >= 4 is 5.97 Å². The van der Waals surface area contributed by atoms with E-state index < -0.39 is 12.0 Å². The molecule has 0 spiro atoms. The van der Waals surface area contributed by atoms with Crippen LogP contribution in [0.5, 0.6) is 0 Å². The van der Waals surface area contributed by atoms with E-state index in [-0.39, 0.29) is 5.92 Å². The smallest absolute Gasteiger partial charge is 0.320 e. The Balaban J connectivity index is 2.59. The Hall–Kier alpha value is -1.35. The van der Waals surface area contributed by atoms with Gasteiger partial charge in [-0.05, 0) is 17.9 Å². The van der Waals surface area contributed by atoms with Gasteiger partial charge in [0.15, 0.2) is 0 Å². The van der Waals surface area contributed by atoms with Crippen molar-refractivity contribution in [3.63, 3.8) is 0 Å². The number of carbonyl (C=O) groups is 1. The van der Waals surface area contributed by atoms with E-state index in [4.69, 9.17) is 10.8 Å². The van der Waals surface area contributed by atoms with E-state index in [9.17, 15) is 4.79 Å². The minimum absolute atomic E-state index is 0.183. The Morgan fingerprint density at radius 2 is 2.00 bits per heavy atom. The van der Waals surface area contributed by atoms with Gasteiger partial charge >= 0.3 is 5.97 Å². The van der Waals surface area contributed by atoms with E-state index in [1.54, 1.807) is 0 Å². The molecule has 0 aliphatic carbocycles. The molecule has 0 radical (unpaired) electrons. The third kappa shape index (κ3) is 2.85. The molecule has 14 heavy (non-hydrogen) atoms. The van der Waals surface area contributed by atoms with Crippen molar-refractivity contribution in [1.29, 1.82) is 0 Å². The summed E-state index contributed by atoms with van der Waals surface area (Å²) in [5.41, 5.74) is 6.58. The van der Waals surface area contributed by atoms with Crippen LogP contribution in [0.4, 0.5) is 0 Å². The average molecular weight is 193 g/mol. The molecule has 0 fully saturated rings. The molecule has 2 unspecified atom stereocenters. The lowest BCUT2D eigenvalue weighted by Crippen LogP contribution is -2.31. The molecule has 3 nitrogen and oxygen atoms in total. The number of carboxylic acids is 1. The molecule has 0 saturated heterocycles. The second-order valence-corrected chi connectivity index (χ2v) is 3.49. The van der Waals surface area contributed by atoms with Gasteiger partial charge in [-0.25, -0.2) is 0 Å². The summed E-state index contributed by atoms with van der Waals surface area (Å²) in [5.74, 6) is -0.755. The maximum Gasteiger partial charge on any atom is 0.320 e. The summed E-state index contributed by atoms with van der Waals surface area (Å²) in [6.07, 6.45) is 0.472. The van der Waals surface area contributed by atoms with Gasteiger partial charge in [-0.2, -0.15) is 0 Å². The standard InChI is InChI=1S/C11H15NO2/c1-8(7-10(12)11(13)14)9-5-3-2-4-6-9/h2-6,8,10H,7,12H2,1H3,(H,13,14). The highest BCUT2D eigenvalue weighted by Crippen LogP contribution is 2.19. The zero-order chi connectivity index (χ0) is 10.6. The van der Waals surface area contributed by atoms with Crippen LogP contribution in [-0.4, -0.2) is 17.1 Å². The van der Waals surface area contributed by atoms with Crippen LogP contribution in [0.2, 0.25) is 0 Å². The highest BCUT2D eigenvalue weighted by molar-refractivity contribution is 5.73. The molecule has 0 amide bonds. The Morgan fingerprint density at radius 1 is 1.43 bits per heavy atom. The zero-order valence-corrected chi connectivity index (χ0v) is 8.18. The number of aliphatic carboxylic acids is 1. The molecular formula is C11H15NO2. The molecule has 2 atom stereocenters. The first-order valence-electron chi connectivity index (χ1n) is 4.64. The Bertz CT molecular complexity index is 297. The summed E-state index contributed by atoms with van der Waals surface area (Å²) in [6.45, 7) is 1.98. The lowest BCUT2D eigenvalue weighted by Gasteiger charge is -2.14. The van der Waals surface area contributed by atoms with Crippen LogP contribution in [0, 0.1) is 0 Å². The number of rotatable bonds is 4. The average Bonchev–Trinajstić information content (AvgIpc) is 2.19. The first-order chi connectivity index (χ1) is 6.61. The predicted molar refractivity (Wildman–Crippen MR) is 55.1 cm³/mol. The van der Waals surface area contributed by atoms with Crippen LogP contribution in [0.15, 0.2) is 30.3 Å². The van der Waals surface area contributed by atoms with Gasteiger partial charge in [0, 0.05) is 0 Å². The summed E-state index contributed by atoms with van der Waals surface area (Å²) in [5, 5.41) is 8.65. The van der Waals surface area contributed by atoms with E-state index in [0.29, 0.717) is 6.42 Å². The van der Waals surface area contributed by atoms with Crippen LogP contribution < -0.4 is 5.73 Å². The van der Waals surface area contributed by atoms with Gasteiger partial charge in [-0.15, -0.1) is 0 Å². The van der Waals surface area contributed by atoms with Gasteiger partial charge in [0.05, 0.1) is 0 Å². The number of hydrogen-bond donors (Lipinski definition) is 2. The van der Waals surface area contributed by atoms with Crippen LogP contribution in [-0.2, 0) is 4.79 Å². The Labute approximate surface area is 83.6 Å². The fraction of sp³-hybridized carbons (Fsp3) is 0.364. The first-order valence-corrected chi connectivity index (χ1v) is 4.64. The van der Waals surface area contributed by atoms with Crippen LogP contribution in [0.25, 0.3) is 0 Å². The van der Waals surface area contributed by atoms with Gasteiger partial charge in [0.25, 0.3) is 0 Å². The maximum atomic E-state index is 10.5. The third-order valence-electron chi connectivity index (χ3n) is 2.29. The third-order valence-corrected chi connectivity index (χ3v) is 2.29. The SMILES string of the molecule is CC(CC(N)C(=O)O)c1ccccc1. The molecule has 0 aliphatic heterocycles. The molecule has 0 aromatic heterocycles. The number of hydrogen-bond acceptors (Lipinski definition) is 2. The summed E-state index contributed by atoms with van der Waals surface area (Å²) in [6, 6.07) is 9.02. The van der Waals surface area contributed by atoms with Crippen molar-refractivity contribution in [2.45, 2.75) is 25.3 Å². The predicted octanol–water partition coefficient (Wildman–Crippen LogP) is 1.59. The van der Waals surface area contributed by atoms with Gasteiger partial charge < -0.3 is 10.8 Å². The van der Waals surface area contributed by atoms with Gasteiger partial charge in [-0.1, -0.05) is 37.3 Å². The molecule has 0 saturated carbocycles. The van der Waals surface area contributed by atoms with E-state index in [1.807, 2.05) is 37.3 Å². The van der Waals surface area contributed by atoms with E-state index in [1.165, 1.54) is 0 Å². The topological polar surface area (TPSA) is 63.3 Å². The fourth-order valence-electron chi connectivity index (χ4n) is 1.40. The summed E-state index contributed by atoms with van der Waals surface area (Å²) in [7, 11) is 0. The van der Waals surface area contributed by atoms with Gasteiger partial charge in [-0.3, -0.25) is 4.79 Å². The highest BCUT2D eigenvalue weighted by Gasteiger charge is 2.16. The monoisotopic (exact) mass is 193 g/mol. The molecule has 1 aromatic carbocycles. The molecule has 0 bridgehead atoms. The molecule has 0 heterocycles. The quantitative estimate of drug-likeness (QED) is 0.763. The van der Waals surface area contributed by atoms with Crippen LogP contribution >= 0.6 is 0 Å². The lowest BCUT2D eigenvalue weighted by atomic mass is 9.94. The molecule has 76 valence electrons. The molecular weight excluding hydrogens is 178 g/mol. The number of benzene rings is 1. The molecule has 0 aliphatic rings. The Kier molecular flexibility index (Phi) is 3.65. The van der Waals surface area contributed by atoms with E-state index >= 15 is 0 Å². The minimum Gasteiger partial charge on any atom is -0.480 e. The maximum absolute atomic E-state index is 10.5. The van der Waals surface area contributed by atoms with Crippen molar-refractivity contribution in [3.05, 3.63) is 35.9 Å². The second kappa shape index (κ2) is 4.77. The lowest BCUT2D eigenvalue weighted by molar-refractivity contribution is -0.138. The molecule has 1 aromatic rings. The van der Waals surface area contributed by atoms with Gasteiger partial charge in [0.2, 0.25) is 0 Å². The molecule has 3 N–H and O–H groups in total. The summed E-state index contributed by atoms with van der Waals surface area (Å²) >= 11 is 0. The molecule has 3 heteroatoms. The second-order valence-electron chi connectivity index (χ2n) is 3.49. The van der Waals surface area contributed by atoms with Crippen LogP contribution in [0.1, 0.15) is 24.8 Å². The highest BCUT2D eigenvalue weighted by atomic mass is 16.4. The van der Waals surface area contributed by atoms with Gasteiger partial charge in [0.1, 0.15) is 6.04 Å². The number of nitrogens with two attached hydrogens (primary N) is 1. The summed E-state index contributed by atoms with van der Waals surface area (Å²) in [4.78, 5) is 10.5. The first kappa shape index (κ1) is 10.7.